The van der Waals surface area contributed by atoms with Crippen molar-refractivity contribution in [2.75, 3.05) is 11.4 Å². The number of nitrogens with one attached hydrogen (secondary N) is 1. The topological polar surface area (TPSA) is 41.1 Å². The van der Waals surface area contributed by atoms with Crippen molar-refractivity contribution in [1.82, 2.24) is 15.3 Å². The van der Waals surface area contributed by atoms with Crippen LogP contribution in [0.3, 0.4) is 0 Å². The molecule has 0 amide bonds. The molecule has 1 saturated carbocycles. The summed E-state index contributed by atoms with van der Waals surface area (Å²) in [6, 6.07) is 1.26. The molecule has 2 fully saturated rings. The van der Waals surface area contributed by atoms with Crippen molar-refractivity contribution in [2.45, 2.75) is 58.7 Å². The number of nitrogens with zero attached hydrogens (tertiary/aromatic N) is 3. The van der Waals surface area contributed by atoms with Gasteiger partial charge in [0.05, 0.1) is 0 Å². The van der Waals surface area contributed by atoms with Crippen molar-refractivity contribution in [3.05, 3.63) is 18.0 Å². The highest BCUT2D eigenvalue weighted by Crippen LogP contribution is 2.29. The van der Waals surface area contributed by atoms with Gasteiger partial charge in [0.15, 0.2) is 0 Å². The van der Waals surface area contributed by atoms with Gasteiger partial charge in [-0.1, -0.05) is 13.8 Å². The van der Waals surface area contributed by atoms with Gasteiger partial charge >= 0.3 is 0 Å². The van der Waals surface area contributed by atoms with Crippen LogP contribution in [0.4, 0.5) is 5.95 Å². The zero-order valence-corrected chi connectivity index (χ0v) is 12.8. The quantitative estimate of drug-likeness (QED) is 0.916. The third kappa shape index (κ3) is 3.11. The Morgan fingerprint density at radius 1 is 1.20 bits per heavy atom. The SMILES string of the molecule is CC1CC(C)C(C)N(c2ncc(CNC3CC3)cn2)C1. The Hall–Kier alpha value is -1.16. The highest BCUT2D eigenvalue weighted by Gasteiger charge is 2.30. The monoisotopic (exact) mass is 274 g/mol. The Kier molecular flexibility index (Phi) is 3.92. The van der Waals surface area contributed by atoms with Gasteiger partial charge in [-0.2, -0.15) is 0 Å². The van der Waals surface area contributed by atoms with Crippen LogP contribution in [-0.4, -0.2) is 28.6 Å². The highest BCUT2D eigenvalue weighted by atomic mass is 15.3. The molecule has 2 aliphatic rings. The first-order valence-electron chi connectivity index (χ1n) is 7.94. The van der Waals surface area contributed by atoms with Crippen LogP contribution in [-0.2, 0) is 6.54 Å². The van der Waals surface area contributed by atoms with E-state index in [4.69, 9.17) is 0 Å². The summed E-state index contributed by atoms with van der Waals surface area (Å²) in [7, 11) is 0. The molecule has 1 aromatic rings. The molecule has 0 bridgehead atoms. The minimum Gasteiger partial charge on any atom is -0.338 e. The van der Waals surface area contributed by atoms with Gasteiger partial charge in [-0.25, -0.2) is 9.97 Å². The Labute approximate surface area is 122 Å². The first-order valence-corrected chi connectivity index (χ1v) is 7.94. The van der Waals surface area contributed by atoms with Crippen LogP contribution in [0.2, 0.25) is 0 Å². The molecule has 1 aromatic heterocycles. The van der Waals surface area contributed by atoms with Crippen LogP contribution >= 0.6 is 0 Å². The van der Waals surface area contributed by atoms with Gasteiger partial charge in [-0.05, 0) is 38.0 Å². The summed E-state index contributed by atoms with van der Waals surface area (Å²) >= 11 is 0. The molecule has 4 heteroatoms. The van der Waals surface area contributed by atoms with Crippen LogP contribution in [0.1, 0.15) is 45.6 Å². The predicted molar refractivity (Wildman–Crippen MR) is 81.6 cm³/mol. The van der Waals surface area contributed by atoms with Crippen molar-refractivity contribution < 1.29 is 0 Å². The Balaban J connectivity index is 1.66. The molecular weight excluding hydrogens is 248 g/mol. The van der Waals surface area contributed by atoms with E-state index in [1.54, 1.807) is 0 Å². The standard InChI is InChI=1S/C16H26N4/c1-11-6-12(2)13(3)20(10-11)16-18-8-14(9-19-16)7-17-15-4-5-15/h8-9,11-13,15,17H,4-7,10H2,1-3H3. The molecule has 1 aliphatic carbocycles. The lowest BCUT2D eigenvalue weighted by Gasteiger charge is -2.41. The highest BCUT2D eigenvalue weighted by molar-refractivity contribution is 5.33. The van der Waals surface area contributed by atoms with Crippen molar-refractivity contribution in [3.8, 4) is 0 Å². The number of aromatic nitrogens is 2. The molecule has 3 atom stereocenters. The predicted octanol–water partition coefficient (Wildman–Crippen LogP) is 2.60. The van der Waals surface area contributed by atoms with E-state index >= 15 is 0 Å². The lowest BCUT2D eigenvalue weighted by Crippen LogP contribution is -2.46. The van der Waals surface area contributed by atoms with Crippen molar-refractivity contribution in [3.63, 3.8) is 0 Å². The molecule has 0 spiro atoms. The number of hydrogen-bond acceptors (Lipinski definition) is 4. The van der Waals surface area contributed by atoms with Crippen LogP contribution < -0.4 is 10.2 Å². The van der Waals surface area contributed by atoms with Crippen molar-refractivity contribution in [2.24, 2.45) is 11.8 Å². The molecule has 3 rings (SSSR count). The van der Waals surface area contributed by atoms with E-state index < -0.39 is 0 Å². The summed E-state index contributed by atoms with van der Waals surface area (Å²) < 4.78 is 0. The molecule has 1 aliphatic heterocycles. The molecule has 4 nitrogen and oxygen atoms in total. The molecule has 0 radical (unpaired) electrons. The van der Waals surface area contributed by atoms with Crippen molar-refractivity contribution in [1.29, 1.82) is 0 Å². The maximum Gasteiger partial charge on any atom is 0.225 e. The first kappa shape index (κ1) is 13.8. The summed E-state index contributed by atoms with van der Waals surface area (Å²) in [5.74, 6) is 2.32. The van der Waals surface area contributed by atoms with Crippen LogP contribution in [0.15, 0.2) is 12.4 Å². The van der Waals surface area contributed by atoms with Gasteiger partial charge in [-0.3, -0.25) is 0 Å². The minimum atomic E-state index is 0.529. The van der Waals surface area contributed by atoms with E-state index in [0.29, 0.717) is 12.0 Å². The van der Waals surface area contributed by atoms with Gasteiger partial charge in [0.1, 0.15) is 0 Å². The molecule has 1 saturated heterocycles. The van der Waals surface area contributed by atoms with E-state index in [-0.39, 0.29) is 0 Å². The van der Waals surface area contributed by atoms with Gasteiger partial charge < -0.3 is 10.2 Å². The average Bonchev–Trinajstić information content (AvgIpc) is 3.25. The molecular formula is C16H26N4. The second-order valence-electron chi connectivity index (χ2n) is 6.76. The Morgan fingerprint density at radius 3 is 2.55 bits per heavy atom. The molecule has 2 heterocycles. The summed E-state index contributed by atoms with van der Waals surface area (Å²) in [6.07, 6.45) is 7.91. The third-order valence-corrected chi connectivity index (χ3v) is 4.72. The summed E-state index contributed by atoms with van der Waals surface area (Å²) in [6.45, 7) is 8.92. The number of piperidine rings is 1. The van der Waals surface area contributed by atoms with Crippen LogP contribution in [0, 0.1) is 11.8 Å². The van der Waals surface area contributed by atoms with E-state index in [9.17, 15) is 0 Å². The summed E-state index contributed by atoms with van der Waals surface area (Å²) in [5, 5.41) is 3.50. The lowest BCUT2D eigenvalue weighted by molar-refractivity contribution is 0.293. The van der Waals surface area contributed by atoms with Gasteiger partial charge in [0.25, 0.3) is 0 Å². The number of anilines is 1. The summed E-state index contributed by atoms with van der Waals surface area (Å²) in [4.78, 5) is 11.6. The van der Waals surface area contributed by atoms with E-state index in [2.05, 4.69) is 41.0 Å². The fourth-order valence-corrected chi connectivity index (χ4v) is 3.12. The zero-order valence-electron chi connectivity index (χ0n) is 12.8. The molecule has 20 heavy (non-hydrogen) atoms. The number of hydrogen-bond donors (Lipinski definition) is 1. The minimum absolute atomic E-state index is 0.529. The molecule has 3 unspecified atom stereocenters. The Morgan fingerprint density at radius 2 is 1.90 bits per heavy atom. The van der Waals surface area contributed by atoms with Crippen LogP contribution in [0.25, 0.3) is 0 Å². The largest absolute Gasteiger partial charge is 0.338 e. The maximum absolute atomic E-state index is 4.59. The van der Waals surface area contributed by atoms with Crippen LogP contribution in [0.5, 0.6) is 0 Å². The molecule has 1 N–H and O–H groups in total. The van der Waals surface area contributed by atoms with E-state index in [1.165, 1.54) is 24.8 Å². The smallest absolute Gasteiger partial charge is 0.225 e. The fraction of sp³-hybridized carbons (Fsp3) is 0.750. The number of rotatable bonds is 4. The second-order valence-corrected chi connectivity index (χ2v) is 6.76. The third-order valence-electron chi connectivity index (χ3n) is 4.72. The normalized spacial score (nSPS) is 30.6. The van der Waals surface area contributed by atoms with Gasteiger partial charge in [0, 0.05) is 43.1 Å². The van der Waals surface area contributed by atoms with Crippen molar-refractivity contribution >= 4 is 5.95 Å². The first-order chi connectivity index (χ1) is 9.63. The molecule has 110 valence electrons. The van der Waals surface area contributed by atoms with Gasteiger partial charge in [-0.15, -0.1) is 0 Å². The second kappa shape index (κ2) is 5.68. The van der Waals surface area contributed by atoms with E-state index in [1.807, 2.05) is 12.4 Å². The zero-order chi connectivity index (χ0) is 14.1. The lowest BCUT2D eigenvalue weighted by atomic mass is 9.86. The van der Waals surface area contributed by atoms with Gasteiger partial charge in [0.2, 0.25) is 5.95 Å². The maximum atomic E-state index is 4.59. The summed E-state index contributed by atoms with van der Waals surface area (Å²) in [5.41, 5.74) is 1.19. The molecule has 0 aromatic carbocycles. The Bertz CT molecular complexity index is 440. The fourth-order valence-electron chi connectivity index (χ4n) is 3.12. The van der Waals surface area contributed by atoms with E-state index in [0.717, 1.165) is 31.0 Å². The average molecular weight is 274 g/mol.